The molecule has 0 aliphatic heterocycles. The molecule has 0 aliphatic carbocycles. The van der Waals surface area contributed by atoms with E-state index in [1.165, 1.54) is 38.5 Å². The molecule has 0 aromatic heterocycles. The number of rotatable bonds is 9. The molecule has 0 bridgehead atoms. The standard InChI is InChI=1S/3C4H9.Al.BrH/c3*1-3-4-2;;/h3*1,3-4H2,2H3;;1H. The number of hydrogen-bond acceptors (Lipinski definition) is 0. The zero-order valence-corrected chi connectivity index (χ0v) is 13.2. The van der Waals surface area contributed by atoms with Gasteiger partial charge in [-0.2, -0.15) is 0 Å². The van der Waals surface area contributed by atoms with Gasteiger partial charge in [-0.1, -0.05) is 75.1 Å². The summed E-state index contributed by atoms with van der Waals surface area (Å²) in [5.74, 6) is 0. The molecule has 0 radical (unpaired) electrons. The Hall–Kier alpha value is 1.01. The van der Waals surface area contributed by atoms with E-state index < -0.39 is 0 Å². The van der Waals surface area contributed by atoms with Gasteiger partial charge >= 0.3 is 0 Å². The zero-order valence-electron chi connectivity index (χ0n) is 10.3. The molecule has 0 saturated carbocycles. The number of hydrogen-bond donors (Lipinski definition) is 0. The van der Waals surface area contributed by atoms with Crippen LogP contribution in [0.4, 0.5) is 0 Å². The highest BCUT2D eigenvalue weighted by Gasteiger charge is 2.14. The molecule has 0 heterocycles. The molecule has 0 aromatic carbocycles. The third kappa shape index (κ3) is 11.1. The fourth-order valence-electron chi connectivity index (χ4n) is 1.91. The second-order valence-electron chi connectivity index (χ2n) is 4.29. The first-order chi connectivity index (χ1) is 6.35. The van der Waals surface area contributed by atoms with Crippen LogP contribution in [-0.2, 0) is 0 Å². The smallest absolute Gasteiger partial charge is 0.114 e. The van der Waals surface area contributed by atoms with E-state index in [1.807, 2.05) is 0 Å². The first kappa shape index (κ1) is 17.4. The average Bonchev–Trinajstić information content (AvgIpc) is 2.17. The van der Waals surface area contributed by atoms with Crippen molar-refractivity contribution in [2.24, 2.45) is 0 Å². The minimum absolute atomic E-state index is 0. The van der Waals surface area contributed by atoms with E-state index in [4.69, 9.17) is 0 Å². The Morgan fingerprint density at radius 1 is 0.643 bits per heavy atom. The zero-order chi connectivity index (χ0) is 9.94. The van der Waals surface area contributed by atoms with Gasteiger partial charge in [0.1, 0.15) is 0 Å². The van der Waals surface area contributed by atoms with Gasteiger partial charge in [0.05, 0.1) is 0 Å². The van der Waals surface area contributed by atoms with Crippen molar-refractivity contribution in [3.63, 3.8) is 0 Å². The van der Waals surface area contributed by atoms with E-state index in [0.29, 0.717) is 0 Å². The maximum atomic E-state index is 2.32. The molecule has 86 valence electrons. The summed E-state index contributed by atoms with van der Waals surface area (Å²) in [7, 11) is 0. The number of unbranched alkanes of at least 4 members (excludes halogenated alkanes) is 3. The van der Waals surface area contributed by atoms with E-state index in [-0.39, 0.29) is 31.1 Å². The summed E-state index contributed by atoms with van der Waals surface area (Å²) in [6.07, 6.45) is 8.73. The van der Waals surface area contributed by atoms with Gasteiger partial charge in [-0.25, -0.2) is 0 Å². The summed E-state index contributed by atoms with van der Waals surface area (Å²) in [4.78, 5) is 0. The Morgan fingerprint density at radius 3 is 1.14 bits per heavy atom. The molecule has 2 heteroatoms. The van der Waals surface area contributed by atoms with Crippen LogP contribution >= 0.6 is 17.0 Å². The van der Waals surface area contributed by atoms with Crippen LogP contribution in [0.15, 0.2) is 0 Å². The lowest BCUT2D eigenvalue weighted by atomic mass is 10.4. The second-order valence-corrected chi connectivity index (χ2v) is 7.76. The Morgan fingerprint density at radius 2 is 0.929 bits per heavy atom. The van der Waals surface area contributed by atoms with Gasteiger partial charge in [0.25, 0.3) is 14.1 Å². The van der Waals surface area contributed by atoms with Gasteiger partial charge in [0.15, 0.2) is 0 Å². The van der Waals surface area contributed by atoms with Crippen molar-refractivity contribution in [2.75, 3.05) is 0 Å². The lowest BCUT2D eigenvalue weighted by Crippen LogP contribution is -2.11. The molecule has 0 spiro atoms. The predicted octanol–water partition coefficient (Wildman–Crippen LogP) is 5.46. The van der Waals surface area contributed by atoms with E-state index >= 15 is 0 Å². The Bertz CT molecular complexity index is 77.3. The van der Waals surface area contributed by atoms with Crippen molar-refractivity contribution < 1.29 is 0 Å². The first-order valence-electron chi connectivity index (χ1n) is 6.35. The Kier molecular flexibility index (Phi) is 17.4. The molecule has 0 amide bonds. The third-order valence-electron chi connectivity index (χ3n) is 2.90. The summed E-state index contributed by atoms with van der Waals surface area (Å²) in [5, 5.41) is 4.86. The molecular weight excluding hydrogens is 251 g/mol. The Balaban J connectivity index is 0. The maximum absolute atomic E-state index is 2.32. The molecule has 0 unspecified atom stereocenters. The van der Waals surface area contributed by atoms with Crippen LogP contribution in [0.5, 0.6) is 0 Å². The van der Waals surface area contributed by atoms with Crippen molar-refractivity contribution in [1.82, 2.24) is 0 Å². The monoisotopic (exact) mass is 278 g/mol. The van der Waals surface area contributed by atoms with E-state index in [2.05, 4.69) is 20.8 Å². The third-order valence-corrected chi connectivity index (χ3v) is 6.57. The highest BCUT2D eigenvalue weighted by atomic mass is 79.9. The number of halogens is 1. The first-order valence-corrected chi connectivity index (χ1v) is 8.80. The van der Waals surface area contributed by atoms with Crippen LogP contribution in [0.1, 0.15) is 59.3 Å². The molecule has 14 heavy (non-hydrogen) atoms. The lowest BCUT2D eigenvalue weighted by Gasteiger charge is -2.09. The molecule has 0 nitrogen and oxygen atoms in total. The van der Waals surface area contributed by atoms with Crippen LogP contribution in [0.25, 0.3) is 0 Å². The van der Waals surface area contributed by atoms with Gasteiger partial charge < -0.3 is 0 Å². The fraction of sp³-hybridized carbons (Fsp3) is 1.00. The molecule has 0 aliphatic rings. The van der Waals surface area contributed by atoms with Crippen LogP contribution in [0.2, 0.25) is 15.8 Å². The minimum atomic E-state index is -0.287. The van der Waals surface area contributed by atoms with Crippen molar-refractivity contribution in [3.05, 3.63) is 0 Å². The summed E-state index contributed by atoms with van der Waals surface area (Å²) < 4.78 is 0. The van der Waals surface area contributed by atoms with Crippen molar-refractivity contribution >= 4 is 31.1 Å². The predicted molar refractivity (Wildman–Crippen MR) is 75.2 cm³/mol. The van der Waals surface area contributed by atoms with Gasteiger partial charge in [-0.05, 0) is 0 Å². The van der Waals surface area contributed by atoms with Crippen molar-refractivity contribution in [3.8, 4) is 0 Å². The van der Waals surface area contributed by atoms with E-state index in [9.17, 15) is 0 Å². The molecule has 0 aromatic rings. The SMILES string of the molecule is Br.CCC[CH2][Al]([CH2]CCC)[CH2]CCC. The van der Waals surface area contributed by atoms with Crippen molar-refractivity contribution in [2.45, 2.75) is 75.1 Å². The van der Waals surface area contributed by atoms with E-state index in [0.717, 1.165) is 0 Å². The normalized spacial score (nSPS) is 9.64. The summed E-state index contributed by atoms with van der Waals surface area (Å²) in [6, 6.07) is 0. The minimum Gasteiger partial charge on any atom is -0.114 e. The van der Waals surface area contributed by atoms with Crippen LogP contribution < -0.4 is 0 Å². The highest BCUT2D eigenvalue weighted by Crippen LogP contribution is 2.16. The lowest BCUT2D eigenvalue weighted by molar-refractivity contribution is 0.812. The molecule has 0 saturated heterocycles. The van der Waals surface area contributed by atoms with Gasteiger partial charge in [-0.3, -0.25) is 0 Å². The fourth-order valence-corrected chi connectivity index (χ4v) is 5.73. The quantitative estimate of drug-likeness (QED) is 0.492. The van der Waals surface area contributed by atoms with Gasteiger partial charge in [0, 0.05) is 0 Å². The molecule has 0 atom stereocenters. The average molecular weight is 279 g/mol. The Labute approximate surface area is 106 Å². The summed E-state index contributed by atoms with van der Waals surface area (Å²) >= 11 is -0.287. The summed E-state index contributed by atoms with van der Waals surface area (Å²) in [5.41, 5.74) is 0. The largest absolute Gasteiger partial charge is 0.261 e. The molecule has 0 N–H and O–H groups in total. The van der Waals surface area contributed by atoms with Crippen LogP contribution in [0, 0.1) is 0 Å². The van der Waals surface area contributed by atoms with Gasteiger partial charge in [-0.15, -0.1) is 17.0 Å². The molecule has 0 rings (SSSR count). The molecular formula is C12H28AlBr. The van der Waals surface area contributed by atoms with E-state index in [1.54, 1.807) is 15.8 Å². The topological polar surface area (TPSA) is 0 Å². The molecule has 0 fully saturated rings. The summed E-state index contributed by atoms with van der Waals surface area (Å²) in [6.45, 7) is 6.97. The van der Waals surface area contributed by atoms with Crippen LogP contribution in [-0.4, -0.2) is 14.1 Å². The maximum Gasteiger partial charge on any atom is 0.261 e. The highest BCUT2D eigenvalue weighted by molar-refractivity contribution is 8.93. The second kappa shape index (κ2) is 14.0. The van der Waals surface area contributed by atoms with Crippen molar-refractivity contribution in [1.29, 1.82) is 0 Å². The van der Waals surface area contributed by atoms with Crippen LogP contribution in [0.3, 0.4) is 0 Å². The van der Waals surface area contributed by atoms with Gasteiger partial charge in [0.2, 0.25) is 0 Å².